The van der Waals surface area contributed by atoms with Crippen LogP contribution in [-0.2, 0) is 11.2 Å². The maximum absolute atomic E-state index is 12.7. The van der Waals surface area contributed by atoms with E-state index < -0.39 is 6.04 Å². The number of aryl methyl sites for hydroxylation is 1. The molecule has 1 N–H and O–H groups in total. The molecule has 0 aliphatic rings. The second-order valence-corrected chi connectivity index (χ2v) is 5.82. The summed E-state index contributed by atoms with van der Waals surface area (Å²) in [5.41, 5.74) is 2.93. The number of nitrogens with one attached hydrogen (secondary N) is 1. The zero-order valence-electron chi connectivity index (χ0n) is 13.9. The maximum Gasteiger partial charge on any atom is 0.270 e. The largest absolute Gasteiger partial charge is 0.341 e. The first-order chi connectivity index (χ1) is 12.2. The Morgan fingerprint density at radius 2 is 1.76 bits per heavy atom. The normalized spacial score (nSPS) is 11.7. The van der Waals surface area contributed by atoms with Crippen LogP contribution in [0.15, 0.2) is 66.7 Å². The first-order valence-electron chi connectivity index (χ1n) is 8.09. The number of carbonyl (C=O) groups excluding carboxylic acids is 2. The van der Waals surface area contributed by atoms with Crippen LogP contribution >= 0.6 is 0 Å². The Labute approximate surface area is 146 Å². The van der Waals surface area contributed by atoms with E-state index in [2.05, 4.69) is 10.4 Å². The summed E-state index contributed by atoms with van der Waals surface area (Å²) >= 11 is 0. The highest BCUT2D eigenvalue weighted by atomic mass is 16.2. The van der Waals surface area contributed by atoms with E-state index >= 15 is 0 Å². The van der Waals surface area contributed by atoms with Crippen LogP contribution in [-0.4, -0.2) is 28.0 Å². The minimum Gasteiger partial charge on any atom is -0.341 e. The molecule has 1 amide bonds. The molecule has 5 nitrogen and oxygen atoms in total. The minimum atomic E-state index is -0.589. The number of benzene rings is 2. The molecule has 0 bridgehead atoms. The molecule has 0 saturated heterocycles. The third-order valence-electron chi connectivity index (χ3n) is 3.84. The third-order valence-corrected chi connectivity index (χ3v) is 3.84. The van der Waals surface area contributed by atoms with E-state index in [1.165, 1.54) is 0 Å². The molecule has 0 fully saturated rings. The van der Waals surface area contributed by atoms with Gasteiger partial charge < -0.3 is 10.1 Å². The number of carbonyl (C=O) groups is 2. The van der Waals surface area contributed by atoms with E-state index in [1.807, 2.05) is 67.6 Å². The number of amides is 1. The fraction of sp³-hybridized carbons (Fsp3) is 0.150. The topological polar surface area (TPSA) is 64.0 Å². The summed E-state index contributed by atoms with van der Waals surface area (Å²) in [5, 5.41) is 7.17. The van der Waals surface area contributed by atoms with Crippen molar-refractivity contribution in [1.29, 1.82) is 0 Å². The molecule has 1 aromatic heterocycles. The van der Waals surface area contributed by atoms with Crippen molar-refractivity contribution in [2.24, 2.45) is 0 Å². The molecule has 0 spiro atoms. The fourth-order valence-electron chi connectivity index (χ4n) is 2.67. The second-order valence-electron chi connectivity index (χ2n) is 5.82. The molecule has 0 radical (unpaired) electrons. The van der Waals surface area contributed by atoms with Crippen molar-refractivity contribution in [3.8, 4) is 5.69 Å². The van der Waals surface area contributed by atoms with Crippen LogP contribution in [0.5, 0.6) is 0 Å². The second kappa shape index (κ2) is 7.57. The van der Waals surface area contributed by atoms with E-state index in [0.717, 1.165) is 23.2 Å². The summed E-state index contributed by atoms with van der Waals surface area (Å²) in [6.45, 7) is 1.83. The predicted octanol–water partition coefficient (Wildman–Crippen LogP) is 2.72. The molecule has 0 saturated carbocycles. The van der Waals surface area contributed by atoms with Gasteiger partial charge in [0.25, 0.3) is 5.91 Å². The SMILES string of the molecule is Cc1cc(C(=O)NC(C=O)Cc2ccccc2)n(-c2ccccc2)n1. The third kappa shape index (κ3) is 4.01. The molecular formula is C20H19N3O2. The van der Waals surface area contributed by atoms with Gasteiger partial charge in [0.15, 0.2) is 0 Å². The summed E-state index contributed by atoms with van der Waals surface area (Å²) in [7, 11) is 0. The van der Waals surface area contributed by atoms with Crippen molar-refractivity contribution in [3.63, 3.8) is 0 Å². The number of nitrogens with zero attached hydrogens (tertiary/aromatic N) is 2. The Balaban J connectivity index is 1.80. The van der Waals surface area contributed by atoms with Crippen molar-refractivity contribution in [2.45, 2.75) is 19.4 Å². The minimum absolute atomic E-state index is 0.322. The maximum atomic E-state index is 12.7. The number of aldehydes is 1. The highest BCUT2D eigenvalue weighted by molar-refractivity contribution is 5.94. The Kier molecular flexibility index (Phi) is 5.04. The summed E-state index contributed by atoms with van der Waals surface area (Å²) in [6.07, 6.45) is 1.22. The van der Waals surface area contributed by atoms with Crippen molar-refractivity contribution in [3.05, 3.63) is 83.7 Å². The zero-order valence-corrected chi connectivity index (χ0v) is 13.9. The van der Waals surface area contributed by atoms with E-state index in [-0.39, 0.29) is 5.91 Å². The Morgan fingerprint density at radius 3 is 2.40 bits per heavy atom. The number of para-hydroxylation sites is 1. The van der Waals surface area contributed by atoms with Crippen LogP contribution in [0.2, 0.25) is 0 Å². The van der Waals surface area contributed by atoms with E-state index in [4.69, 9.17) is 0 Å². The molecule has 3 rings (SSSR count). The molecular weight excluding hydrogens is 314 g/mol. The summed E-state index contributed by atoms with van der Waals surface area (Å²) in [6, 6.07) is 20.2. The van der Waals surface area contributed by atoms with Gasteiger partial charge in [0.2, 0.25) is 0 Å². The molecule has 25 heavy (non-hydrogen) atoms. The smallest absolute Gasteiger partial charge is 0.270 e. The quantitative estimate of drug-likeness (QED) is 0.706. The zero-order chi connectivity index (χ0) is 17.6. The molecule has 1 unspecified atom stereocenters. The Hall–Kier alpha value is -3.21. The molecule has 3 aromatic rings. The van der Waals surface area contributed by atoms with Gasteiger partial charge in [0, 0.05) is 0 Å². The van der Waals surface area contributed by atoms with E-state index in [1.54, 1.807) is 10.7 Å². The van der Waals surface area contributed by atoms with Gasteiger partial charge in [0.1, 0.15) is 12.0 Å². The van der Waals surface area contributed by atoms with Crippen LogP contribution in [0, 0.1) is 6.92 Å². The molecule has 2 aromatic carbocycles. The average Bonchev–Trinajstić information content (AvgIpc) is 3.04. The lowest BCUT2D eigenvalue weighted by Crippen LogP contribution is -2.38. The molecule has 0 aliphatic carbocycles. The molecule has 1 heterocycles. The molecule has 5 heteroatoms. The highest BCUT2D eigenvalue weighted by Crippen LogP contribution is 2.13. The van der Waals surface area contributed by atoms with E-state index in [9.17, 15) is 9.59 Å². The summed E-state index contributed by atoms with van der Waals surface area (Å²) in [4.78, 5) is 24.1. The van der Waals surface area contributed by atoms with Crippen molar-refractivity contribution in [2.75, 3.05) is 0 Å². The molecule has 0 aliphatic heterocycles. The number of hydrogen-bond donors (Lipinski definition) is 1. The van der Waals surface area contributed by atoms with Gasteiger partial charge in [-0.1, -0.05) is 48.5 Å². The Bertz CT molecular complexity index is 857. The molecule has 126 valence electrons. The predicted molar refractivity (Wildman–Crippen MR) is 95.8 cm³/mol. The van der Waals surface area contributed by atoms with Gasteiger partial charge in [-0.15, -0.1) is 0 Å². The standard InChI is InChI=1S/C20H19N3O2/c1-15-12-19(23(22-15)18-10-6-3-7-11-18)20(25)21-17(14-24)13-16-8-4-2-5-9-16/h2-12,14,17H,13H2,1H3,(H,21,25). The number of aromatic nitrogens is 2. The first kappa shape index (κ1) is 16.6. The van der Waals surface area contributed by atoms with Crippen LogP contribution in [0.4, 0.5) is 0 Å². The van der Waals surface area contributed by atoms with Gasteiger partial charge in [-0.05, 0) is 37.1 Å². The van der Waals surface area contributed by atoms with Crippen molar-refractivity contribution < 1.29 is 9.59 Å². The van der Waals surface area contributed by atoms with E-state index in [0.29, 0.717) is 12.1 Å². The fourth-order valence-corrected chi connectivity index (χ4v) is 2.67. The first-order valence-corrected chi connectivity index (χ1v) is 8.09. The monoisotopic (exact) mass is 333 g/mol. The van der Waals surface area contributed by atoms with Gasteiger partial charge in [-0.2, -0.15) is 5.10 Å². The van der Waals surface area contributed by atoms with Crippen LogP contribution in [0.1, 0.15) is 21.7 Å². The van der Waals surface area contributed by atoms with Gasteiger partial charge in [-0.25, -0.2) is 4.68 Å². The van der Waals surface area contributed by atoms with Crippen molar-refractivity contribution in [1.82, 2.24) is 15.1 Å². The van der Waals surface area contributed by atoms with Gasteiger partial charge in [0.05, 0.1) is 17.4 Å². The highest BCUT2D eigenvalue weighted by Gasteiger charge is 2.19. The van der Waals surface area contributed by atoms with Crippen molar-refractivity contribution >= 4 is 12.2 Å². The number of hydrogen-bond acceptors (Lipinski definition) is 3. The molecule has 1 atom stereocenters. The lowest BCUT2D eigenvalue weighted by Gasteiger charge is -2.14. The van der Waals surface area contributed by atoms with Crippen LogP contribution < -0.4 is 5.32 Å². The van der Waals surface area contributed by atoms with Crippen LogP contribution in [0.3, 0.4) is 0 Å². The number of rotatable bonds is 6. The average molecular weight is 333 g/mol. The van der Waals surface area contributed by atoms with Crippen LogP contribution in [0.25, 0.3) is 5.69 Å². The lowest BCUT2D eigenvalue weighted by molar-refractivity contribution is -0.109. The summed E-state index contributed by atoms with van der Waals surface area (Å²) in [5.74, 6) is -0.322. The summed E-state index contributed by atoms with van der Waals surface area (Å²) < 4.78 is 1.59. The Morgan fingerprint density at radius 1 is 1.12 bits per heavy atom. The van der Waals surface area contributed by atoms with Gasteiger partial charge >= 0.3 is 0 Å². The van der Waals surface area contributed by atoms with Gasteiger partial charge in [-0.3, -0.25) is 4.79 Å². The lowest BCUT2D eigenvalue weighted by atomic mass is 10.1.